The van der Waals surface area contributed by atoms with Crippen LogP contribution in [0.2, 0.25) is 0 Å². The molecule has 0 spiro atoms. The number of hydrogen-bond acceptors (Lipinski definition) is 3. The second-order valence-electron chi connectivity index (χ2n) is 3.45. The molecule has 3 nitrogen and oxygen atoms in total. The molecule has 20 heavy (non-hydrogen) atoms. The van der Waals surface area contributed by atoms with Gasteiger partial charge in [-0.25, -0.2) is 4.39 Å². The van der Waals surface area contributed by atoms with Crippen LogP contribution < -0.4 is 5.73 Å². The Morgan fingerprint density at radius 3 is 1.30 bits per heavy atom. The van der Waals surface area contributed by atoms with E-state index in [0.717, 1.165) is 12.1 Å². The lowest BCUT2D eigenvalue weighted by Crippen LogP contribution is -2.21. The second-order valence-corrected chi connectivity index (χ2v) is 3.45. The normalized spacial score (nSPS) is 11.8. The lowest BCUT2D eigenvalue weighted by atomic mass is 9.95. The van der Waals surface area contributed by atoms with Gasteiger partial charge in [-0.05, 0) is 0 Å². The van der Waals surface area contributed by atoms with Gasteiger partial charge in [-0.3, -0.25) is 0 Å². The van der Waals surface area contributed by atoms with Crippen LogP contribution in [0.4, 0.5) is 36.4 Å². The number of hydrogen-bond donors (Lipinski definition) is 1. The number of nitrogens with zero attached hydrogens (tertiary/aromatic N) is 2. The summed E-state index contributed by atoms with van der Waals surface area (Å²) < 4.78 is 89.3. The molecule has 0 aliphatic carbocycles. The summed E-state index contributed by atoms with van der Waals surface area (Å²) in [5.74, 6) is -2.20. The highest BCUT2D eigenvalue weighted by atomic mass is 19.4. The Bertz CT molecular complexity index is 590. The highest BCUT2D eigenvalue weighted by molar-refractivity contribution is 5.68. The van der Waals surface area contributed by atoms with E-state index in [1.807, 2.05) is 0 Å². The lowest BCUT2D eigenvalue weighted by molar-refractivity contribution is -0.142. The molecule has 0 amide bonds. The number of halogens is 7. The molecule has 2 N–H and O–H groups in total. The molecular weight excluding hydrogens is 295 g/mol. The molecule has 1 aromatic rings. The topological polar surface area (TPSA) is 73.6 Å². The van der Waals surface area contributed by atoms with E-state index in [9.17, 15) is 30.7 Å². The summed E-state index contributed by atoms with van der Waals surface area (Å²) in [5.41, 5.74) is -5.13. The Balaban J connectivity index is 4.07. The molecule has 0 heterocycles. The van der Waals surface area contributed by atoms with Gasteiger partial charge in [0.05, 0.1) is 16.8 Å². The molecule has 1 rings (SSSR count). The number of nitrogens with two attached hydrogens (primary N) is 1. The molecule has 0 radical (unpaired) electrons. The number of anilines is 1. The molecule has 10 heteroatoms. The molecule has 0 aliphatic heterocycles. The van der Waals surface area contributed by atoms with Crippen LogP contribution in [0.3, 0.4) is 0 Å². The third-order valence-corrected chi connectivity index (χ3v) is 2.27. The number of nitriles is 2. The molecule has 106 valence electrons. The van der Waals surface area contributed by atoms with Gasteiger partial charge in [0.25, 0.3) is 0 Å². The van der Waals surface area contributed by atoms with Gasteiger partial charge in [0.1, 0.15) is 23.3 Å². The Hall–Kier alpha value is -2.49. The van der Waals surface area contributed by atoms with E-state index in [2.05, 4.69) is 0 Å². The van der Waals surface area contributed by atoms with Crippen LogP contribution in [0.15, 0.2) is 0 Å². The molecule has 0 unspecified atom stereocenters. The van der Waals surface area contributed by atoms with E-state index in [4.69, 9.17) is 16.3 Å². The van der Waals surface area contributed by atoms with Gasteiger partial charge in [0.2, 0.25) is 0 Å². The van der Waals surface area contributed by atoms with Crippen molar-refractivity contribution in [1.29, 1.82) is 10.5 Å². The van der Waals surface area contributed by atoms with Gasteiger partial charge in [0, 0.05) is 0 Å². The molecule has 0 aliphatic rings. The van der Waals surface area contributed by atoms with E-state index in [-0.39, 0.29) is 0 Å². The SMILES string of the molecule is N#Cc1c(F)c(C#N)c(C(F)(F)F)c(N)c1C(F)(F)F. The van der Waals surface area contributed by atoms with Crippen molar-refractivity contribution in [3.63, 3.8) is 0 Å². The van der Waals surface area contributed by atoms with Gasteiger partial charge in [-0.15, -0.1) is 0 Å². The van der Waals surface area contributed by atoms with Gasteiger partial charge >= 0.3 is 12.4 Å². The van der Waals surface area contributed by atoms with Gasteiger partial charge in [0.15, 0.2) is 5.82 Å². The molecule has 0 bridgehead atoms. The molecule has 0 fully saturated rings. The zero-order chi connectivity index (χ0) is 15.9. The predicted molar refractivity (Wildman–Crippen MR) is 50.2 cm³/mol. The summed E-state index contributed by atoms with van der Waals surface area (Å²) in [6, 6.07) is 1.54. The highest BCUT2D eigenvalue weighted by Crippen LogP contribution is 2.45. The van der Waals surface area contributed by atoms with Crippen LogP contribution in [0.5, 0.6) is 0 Å². The van der Waals surface area contributed by atoms with Crippen molar-refractivity contribution in [2.75, 3.05) is 5.73 Å². The molecule has 0 saturated carbocycles. The molecule has 1 aromatic carbocycles. The number of alkyl halides is 6. The number of benzene rings is 1. The summed E-state index contributed by atoms with van der Waals surface area (Å²) in [5, 5.41) is 16.9. The zero-order valence-corrected chi connectivity index (χ0v) is 9.12. The van der Waals surface area contributed by atoms with Crippen molar-refractivity contribution >= 4 is 5.69 Å². The Morgan fingerprint density at radius 2 is 1.10 bits per heavy atom. The Morgan fingerprint density at radius 1 is 0.800 bits per heavy atom. The quantitative estimate of drug-likeness (QED) is 0.590. The smallest absolute Gasteiger partial charge is 0.398 e. The fraction of sp³-hybridized carbons (Fsp3) is 0.200. The maximum Gasteiger partial charge on any atom is 0.419 e. The van der Waals surface area contributed by atoms with E-state index in [1.54, 1.807) is 0 Å². The van der Waals surface area contributed by atoms with Crippen LogP contribution in [0.25, 0.3) is 0 Å². The van der Waals surface area contributed by atoms with E-state index < -0.39 is 46.1 Å². The van der Waals surface area contributed by atoms with Gasteiger partial charge in [-0.1, -0.05) is 0 Å². The average Bonchev–Trinajstić information content (AvgIpc) is 2.27. The van der Waals surface area contributed by atoms with Crippen LogP contribution in [0, 0.1) is 28.5 Å². The highest BCUT2D eigenvalue weighted by Gasteiger charge is 2.46. The minimum absolute atomic E-state index is 0.771. The zero-order valence-electron chi connectivity index (χ0n) is 9.12. The third kappa shape index (κ3) is 2.32. The lowest BCUT2D eigenvalue weighted by Gasteiger charge is -2.19. The van der Waals surface area contributed by atoms with Gasteiger partial charge in [-0.2, -0.15) is 36.9 Å². The van der Waals surface area contributed by atoms with E-state index in [1.165, 1.54) is 0 Å². The number of nitrogen functional groups attached to an aromatic ring is 1. The predicted octanol–water partition coefficient (Wildman–Crippen LogP) is 3.19. The summed E-state index contributed by atoms with van der Waals surface area (Å²) in [7, 11) is 0. The molecule has 0 saturated heterocycles. The summed E-state index contributed by atoms with van der Waals surface area (Å²) in [4.78, 5) is 0. The van der Waals surface area contributed by atoms with Crippen LogP contribution >= 0.6 is 0 Å². The molecular formula is C10H2F7N3. The second kappa shape index (κ2) is 4.56. The van der Waals surface area contributed by atoms with Crippen molar-refractivity contribution in [3.8, 4) is 12.1 Å². The molecule has 0 atom stereocenters. The fourth-order valence-electron chi connectivity index (χ4n) is 1.54. The maximum atomic E-state index is 13.5. The summed E-state index contributed by atoms with van der Waals surface area (Å²) >= 11 is 0. The van der Waals surface area contributed by atoms with Crippen molar-refractivity contribution in [1.82, 2.24) is 0 Å². The van der Waals surface area contributed by atoms with Crippen molar-refractivity contribution in [2.45, 2.75) is 12.4 Å². The van der Waals surface area contributed by atoms with Crippen molar-refractivity contribution in [2.24, 2.45) is 0 Å². The first-order valence-electron chi connectivity index (χ1n) is 4.56. The van der Waals surface area contributed by atoms with Crippen LogP contribution in [-0.2, 0) is 12.4 Å². The fourth-order valence-corrected chi connectivity index (χ4v) is 1.54. The first kappa shape index (κ1) is 15.6. The van der Waals surface area contributed by atoms with Crippen molar-refractivity contribution in [3.05, 3.63) is 28.1 Å². The van der Waals surface area contributed by atoms with Gasteiger partial charge < -0.3 is 5.73 Å². The van der Waals surface area contributed by atoms with E-state index >= 15 is 0 Å². The van der Waals surface area contributed by atoms with E-state index in [0.29, 0.717) is 0 Å². The average molecular weight is 297 g/mol. The van der Waals surface area contributed by atoms with Crippen LogP contribution in [0.1, 0.15) is 22.3 Å². The largest absolute Gasteiger partial charge is 0.419 e. The van der Waals surface area contributed by atoms with Crippen LogP contribution in [-0.4, -0.2) is 0 Å². The van der Waals surface area contributed by atoms with Crippen molar-refractivity contribution < 1.29 is 30.7 Å². The Labute approximate surface area is 106 Å². The monoisotopic (exact) mass is 297 g/mol. The summed E-state index contributed by atoms with van der Waals surface area (Å²) in [6.45, 7) is 0. The first-order chi connectivity index (χ1) is 8.96. The first-order valence-corrected chi connectivity index (χ1v) is 4.56. The minimum atomic E-state index is -5.48. The standard InChI is InChI=1S/C10H2F7N3/c11-7-3(1-18)5(9(12,13)14)8(20)6(4(7)2-19)10(15,16)17/h20H2. The maximum absolute atomic E-state index is 13.5. The molecule has 0 aromatic heterocycles. The number of rotatable bonds is 0. The Kier molecular flexibility index (Phi) is 3.55. The summed E-state index contributed by atoms with van der Waals surface area (Å²) in [6.07, 6.45) is -11.0. The third-order valence-electron chi connectivity index (χ3n) is 2.27. The minimum Gasteiger partial charge on any atom is -0.398 e.